The Morgan fingerprint density at radius 3 is 2.33 bits per heavy atom. The Bertz CT molecular complexity index is 1240. The van der Waals surface area contributed by atoms with E-state index in [1.807, 2.05) is 0 Å². The topological polar surface area (TPSA) is 95.5 Å². The predicted octanol–water partition coefficient (Wildman–Crippen LogP) is 3.32. The second-order valence-electron chi connectivity index (χ2n) is 7.13. The van der Waals surface area contributed by atoms with Gasteiger partial charge in [0.05, 0.1) is 5.56 Å². The Morgan fingerprint density at radius 1 is 0.970 bits per heavy atom. The number of nitrogens with one attached hydrogen (secondary N) is 1. The maximum atomic E-state index is 13.0. The molecule has 0 aliphatic carbocycles. The van der Waals surface area contributed by atoms with Crippen LogP contribution in [-0.4, -0.2) is 55.0 Å². The van der Waals surface area contributed by atoms with E-state index < -0.39 is 27.7 Å². The summed E-state index contributed by atoms with van der Waals surface area (Å²) in [4.78, 5) is 13.9. The molecule has 1 aromatic heterocycles. The van der Waals surface area contributed by atoms with E-state index in [-0.39, 0.29) is 35.7 Å². The highest BCUT2D eigenvalue weighted by molar-refractivity contribution is 7.91. The number of carbonyl (C=O) groups is 1. The number of hydrogen-bond acceptors (Lipinski definition) is 7. The average molecular weight is 498 g/mol. The number of alkyl halides is 3. The summed E-state index contributed by atoms with van der Waals surface area (Å²) < 4.78 is 65.7. The lowest BCUT2D eigenvalue weighted by Gasteiger charge is -2.35. The molecule has 8 nitrogen and oxygen atoms in total. The second kappa shape index (κ2) is 9.08. The zero-order chi connectivity index (χ0) is 23.6. The van der Waals surface area contributed by atoms with Gasteiger partial charge in [-0.2, -0.15) is 17.5 Å². The Labute approximate surface area is 191 Å². The monoisotopic (exact) mass is 497 g/mol. The van der Waals surface area contributed by atoms with Gasteiger partial charge >= 0.3 is 6.18 Å². The van der Waals surface area contributed by atoms with Crippen LogP contribution >= 0.6 is 11.3 Å². The maximum Gasteiger partial charge on any atom is 0.416 e. The van der Waals surface area contributed by atoms with Crippen molar-refractivity contribution in [3.05, 3.63) is 65.7 Å². The zero-order valence-corrected chi connectivity index (χ0v) is 18.6. The lowest BCUT2D eigenvalue weighted by atomic mass is 10.1. The molecule has 4 rings (SSSR count). The lowest BCUT2D eigenvalue weighted by molar-refractivity contribution is -0.137. The minimum Gasteiger partial charge on any atom is -0.369 e. The van der Waals surface area contributed by atoms with Crippen LogP contribution in [0, 0.1) is 0 Å². The standard InChI is InChI=1S/C20H18F3N5O3S2/c21-20(22,23)15-7-4-8-16(13-15)27-9-11-28(12-10-27)33(30,31)19-26-25-18(32-19)24-17(29)14-5-2-1-3-6-14/h1-8,13H,9-12H2,(H,24,25,29). The SMILES string of the molecule is O=C(Nc1nnc(S(=O)(=O)N2CCN(c3cccc(C(F)(F)F)c3)CC2)s1)c1ccccc1. The van der Waals surface area contributed by atoms with Crippen LogP contribution in [0.2, 0.25) is 0 Å². The van der Waals surface area contributed by atoms with E-state index >= 15 is 0 Å². The fourth-order valence-corrected chi connectivity index (χ4v) is 5.75. The molecule has 0 radical (unpaired) electrons. The van der Waals surface area contributed by atoms with E-state index in [4.69, 9.17) is 0 Å². The molecule has 0 spiro atoms. The quantitative estimate of drug-likeness (QED) is 0.544. The van der Waals surface area contributed by atoms with Crippen LogP contribution in [0.5, 0.6) is 0 Å². The smallest absolute Gasteiger partial charge is 0.369 e. The summed E-state index contributed by atoms with van der Waals surface area (Å²) in [5.41, 5.74) is 0.0144. The van der Waals surface area contributed by atoms with Gasteiger partial charge in [-0.05, 0) is 30.3 Å². The van der Waals surface area contributed by atoms with E-state index in [0.717, 1.165) is 23.5 Å². The van der Waals surface area contributed by atoms with E-state index in [1.54, 1.807) is 41.3 Å². The minimum absolute atomic E-state index is 0.0463. The molecule has 1 amide bonds. The average Bonchev–Trinajstić information content (AvgIpc) is 3.29. The Morgan fingerprint density at radius 2 is 1.67 bits per heavy atom. The van der Waals surface area contributed by atoms with Crippen molar-refractivity contribution in [2.75, 3.05) is 36.4 Å². The van der Waals surface area contributed by atoms with Gasteiger partial charge < -0.3 is 4.90 Å². The summed E-state index contributed by atoms with van der Waals surface area (Å²) in [6.45, 7) is 0.585. The molecule has 0 atom stereocenters. The van der Waals surface area contributed by atoms with Gasteiger partial charge in [-0.25, -0.2) is 8.42 Å². The summed E-state index contributed by atoms with van der Waals surface area (Å²) in [5, 5.41) is 10.0. The summed E-state index contributed by atoms with van der Waals surface area (Å²) >= 11 is 0.736. The van der Waals surface area contributed by atoms with Crippen molar-refractivity contribution in [2.45, 2.75) is 10.5 Å². The van der Waals surface area contributed by atoms with Crippen molar-refractivity contribution in [3.63, 3.8) is 0 Å². The van der Waals surface area contributed by atoms with Crippen LogP contribution in [0.25, 0.3) is 0 Å². The molecule has 1 N–H and O–H groups in total. The highest BCUT2D eigenvalue weighted by Gasteiger charge is 2.33. The third-order valence-electron chi connectivity index (χ3n) is 5.00. The third-order valence-corrected chi connectivity index (χ3v) is 8.08. The first-order valence-corrected chi connectivity index (χ1v) is 12.0. The maximum absolute atomic E-state index is 13.0. The molecule has 3 aromatic rings. The molecular weight excluding hydrogens is 479 g/mol. The number of rotatable bonds is 5. The van der Waals surface area contributed by atoms with E-state index in [1.165, 1.54) is 10.4 Å². The first-order valence-electron chi connectivity index (χ1n) is 9.77. The van der Waals surface area contributed by atoms with Crippen molar-refractivity contribution >= 4 is 38.1 Å². The van der Waals surface area contributed by atoms with Gasteiger partial charge in [0.2, 0.25) is 9.47 Å². The molecule has 174 valence electrons. The van der Waals surface area contributed by atoms with E-state index in [0.29, 0.717) is 11.3 Å². The molecule has 1 saturated heterocycles. The second-order valence-corrected chi connectivity index (χ2v) is 10.2. The summed E-state index contributed by atoms with van der Waals surface area (Å²) in [6, 6.07) is 13.3. The number of benzene rings is 2. The van der Waals surface area contributed by atoms with Crippen LogP contribution in [0.15, 0.2) is 58.9 Å². The molecule has 0 unspecified atom stereocenters. The van der Waals surface area contributed by atoms with Gasteiger partial charge in [0.25, 0.3) is 15.9 Å². The molecular formula is C20H18F3N5O3S2. The number of aromatic nitrogens is 2. The van der Waals surface area contributed by atoms with Gasteiger partial charge in [-0.3, -0.25) is 10.1 Å². The van der Waals surface area contributed by atoms with Crippen LogP contribution < -0.4 is 10.2 Å². The van der Waals surface area contributed by atoms with Crippen LogP contribution in [-0.2, 0) is 16.2 Å². The largest absolute Gasteiger partial charge is 0.416 e. The van der Waals surface area contributed by atoms with E-state index in [9.17, 15) is 26.4 Å². The van der Waals surface area contributed by atoms with Crippen LogP contribution in [0.3, 0.4) is 0 Å². The number of piperazine rings is 1. The highest BCUT2D eigenvalue weighted by Crippen LogP contribution is 2.32. The molecule has 0 saturated carbocycles. The number of carbonyl (C=O) groups excluding carboxylic acids is 1. The van der Waals surface area contributed by atoms with Crippen molar-refractivity contribution in [3.8, 4) is 0 Å². The van der Waals surface area contributed by atoms with Gasteiger partial charge in [0.1, 0.15) is 0 Å². The molecule has 2 aromatic carbocycles. The molecule has 33 heavy (non-hydrogen) atoms. The summed E-state index contributed by atoms with van der Waals surface area (Å²) in [7, 11) is -3.96. The highest BCUT2D eigenvalue weighted by atomic mass is 32.2. The first kappa shape index (κ1) is 23.1. The number of hydrogen-bond donors (Lipinski definition) is 1. The number of sulfonamides is 1. The van der Waals surface area contributed by atoms with Gasteiger partial charge in [-0.1, -0.05) is 35.6 Å². The predicted molar refractivity (Wildman–Crippen MR) is 117 cm³/mol. The zero-order valence-electron chi connectivity index (χ0n) is 17.0. The van der Waals surface area contributed by atoms with Gasteiger partial charge in [0, 0.05) is 37.4 Å². The Kier molecular flexibility index (Phi) is 6.36. The molecule has 1 aliphatic heterocycles. The van der Waals surface area contributed by atoms with Crippen molar-refractivity contribution in [2.24, 2.45) is 0 Å². The molecule has 2 heterocycles. The number of amides is 1. The Hall–Kier alpha value is -3.03. The van der Waals surface area contributed by atoms with Crippen molar-refractivity contribution in [1.82, 2.24) is 14.5 Å². The lowest BCUT2D eigenvalue weighted by Crippen LogP contribution is -2.48. The third kappa shape index (κ3) is 5.15. The minimum atomic E-state index is -4.45. The fourth-order valence-electron chi connectivity index (χ4n) is 3.30. The normalized spacial score (nSPS) is 15.4. The summed E-state index contributed by atoms with van der Waals surface area (Å²) in [6.07, 6.45) is -4.45. The van der Waals surface area contributed by atoms with Crippen LogP contribution in [0.1, 0.15) is 15.9 Å². The van der Waals surface area contributed by atoms with Gasteiger partial charge in [0.15, 0.2) is 0 Å². The Balaban J connectivity index is 1.41. The molecule has 13 heteroatoms. The first-order chi connectivity index (χ1) is 15.6. The van der Waals surface area contributed by atoms with Crippen LogP contribution in [0.4, 0.5) is 24.0 Å². The summed E-state index contributed by atoms with van der Waals surface area (Å²) in [5.74, 6) is -0.439. The fraction of sp³-hybridized carbons (Fsp3) is 0.250. The number of nitrogens with zero attached hydrogens (tertiary/aromatic N) is 4. The van der Waals surface area contributed by atoms with Gasteiger partial charge in [-0.15, -0.1) is 10.2 Å². The molecule has 0 bridgehead atoms. The molecule has 1 fully saturated rings. The molecule has 1 aliphatic rings. The van der Waals surface area contributed by atoms with E-state index in [2.05, 4.69) is 15.5 Å². The van der Waals surface area contributed by atoms with Crippen molar-refractivity contribution in [1.29, 1.82) is 0 Å². The van der Waals surface area contributed by atoms with Crippen molar-refractivity contribution < 1.29 is 26.4 Å². The number of anilines is 2. The number of halogens is 3.